The molecule has 1 saturated heterocycles. The second-order valence-electron chi connectivity index (χ2n) is 14.9. The number of hydrogen-bond donors (Lipinski definition) is 1. The highest BCUT2D eigenvalue weighted by molar-refractivity contribution is 6.37. The molecule has 1 aromatic carbocycles. The standard InChI is InChI=1S/C36H39Cl2F4N7O5/c1-16(2)25-30(26(17(3)4)45-15-44-25)49-28-19(12-22(36(40,41)42)48(32(28)50)29-23(39)20(37)13-21(38)24(29)43)27-31(33(49)51)53-11-8-18-14-46(9-10-47(18)27)34(52)54-35(5,6)7/h12-13,15-18H,8-11,14,43H2,1-7H3/t18-/m0/s1. The molecule has 0 spiro atoms. The number of ether oxygens (including phenoxy) is 2. The monoisotopic (exact) mass is 795 g/mol. The minimum Gasteiger partial charge on any atom is -0.486 e. The van der Waals surface area contributed by atoms with Gasteiger partial charge in [0, 0.05) is 31.4 Å². The number of nitrogens with zero attached hydrogens (tertiary/aromatic N) is 6. The predicted molar refractivity (Wildman–Crippen MR) is 197 cm³/mol. The van der Waals surface area contributed by atoms with Crippen LogP contribution < -0.4 is 26.5 Å². The maximum Gasteiger partial charge on any atom is 0.431 e. The van der Waals surface area contributed by atoms with Gasteiger partial charge in [-0.25, -0.2) is 19.2 Å². The second-order valence-corrected chi connectivity index (χ2v) is 15.7. The third-order valence-electron chi connectivity index (χ3n) is 9.29. The summed E-state index contributed by atoms with van der Waals surface area (Å²) in [5.74, 6) is -2.50. The van der Waals surface area contributed by atoms with Gasteiger partial charge in [-0.05, 0) is 44.7 Å². The number of rotatable bonds is 4. The number of nitrogen functional groups attached to an aromatic ring is 1. The topological polar surface area (TPSA) is 138 Å². The molecule has 0 bridgehead atoms. The fourth-order valence-electron chi connectivity index (χ4n) is 6.97. The van der Waals surface area contributed by atoms with Crippen molar-refractivity contribution in [2.75, 3.05) is 36.9 Å². The van der Waals surface area contributed by atoms with Crippen LogP contribution in [0, 0.1) is 5.82 Å². The third kappa shape index (κ3) is 6.71. The third-order valence-corrected chi connectivity index (χ3v) is 9.87. The van der Waals surface area contributed by atoms with E-state index in [0.29, 0.717) is 17.5 Å². The Labute approximate surface area is 317 Å². The number of benzene rings is 1. The van der Waals surface area contributed by atoms with Crippen molar-refractivity contribution < 1.29 is 31.8 Å². The number of amides is 1. The van der Waals surface area contributed by atoms with Gasteiger partial charge in [-0.2, -0.15) is 13.2 Å². The van der Waals surface area contributed by atoms with Gasteiger partial charge in [-0.1, -0.05) is 50.9 Å². The number of hydrogen-bond acceptors (Lipinski definition) is 9. The lowest BCUT2D eigenvalue weighted by Crippen LogP contribution is -2.55. The lowest BCUT2D eigenvalue weighted by molar-refractivity contribution is -0.142. The van der Waals surface area contributed by atoms with Crippen molar-refractivity contribution in [2.45, 2.75) is 84.5 Å². The van der Waals surface area contributed by atoms with Gasteiger partial charge in [0.25, 0.3) is 11.1 Å². The number of aromatic nitrogens is 4. The molecule has 2 aliphatic rings. The number of carbonyl (C=O) groups excluding carboxylic acids is 1. The molecular formula is C36H39Cl2F4N7O5. The highest BCUT2D eigenvalue weighted by Gasteiger charge is 2.42. The molecule has 2 N–H and O–H groups in total. The van der Waals surface area contributed by atoms with Gasteiger partial charge in [-0.3, -0.25) is 18.7 Å². The highest BCUT2D eigenvalue weighted by Crippen LogP contribution is 2.44. The van der Waals surface area contributed by atoms with E-state index in [0.717, 1.165) is 10.6 Å². The molecule has 6 rings (SSSR count). The molecule has 290 valence electrons. The van der Waals surface area contributed by atoms with Crippen molar-refractivity contribution in [1.82, 2.24) is 24.0 Å². The lowest BCUT2D eigenvalue weighted by atomic mass is 10.00. The predicted octanol–water partition coefficient (Wildman–Crippen LogP) is 7.43. The zero-order valence-electron chi connectivity index (χ0n) is 30.6. The average Bonchev–Trinajstić information content (AvgIpc) is 3.27. The molecule has 2 aliphatic heterocycles. The van der Waals surface area contributed by atoms with E-state index in [1.165, 1.54) is 11.2 Å². The summed E-state index contributed by atoms with van der Waals surface area (Å²) < 4.78 is 74.5. The largest absolute Gasteiger partial charge is 0.486 e. The van der Waals surface area contributed by atoms with Crippen LogP contribution in [0.1, 0.15) is 83.8 Å². The Bertz CT molecular complexity index is 2250. The quantitative estimate of drug-likeness (QED) is 0.127. The molecule has 0 aliphatic carbocycles. The van der Waals surface area contributed by atoms with Crippen LogP contribution in [0.3, 0.4) is 0 Å². The fourth-order valence-corrected chi connectivity index (χ4v) is 7.42. The van der Waals surface area contributed by atoms with Crippen LogP contribution in [0.4, 0.5) is 33.7 Å². The first kappa shape index (κ1) is 39.1. The van der Waals surface area contributed by atoms with E-state index in [2.05, 4.69) is 9.97 Å². The van der Waals surface area contributed by atoms with E-state index in [1.54, 1.807) is 53.4 Å². The second kappa shape index (κ2) is 13.9. The minimum absolute atomic E-state index is 0.0394. The van der Waals surface area contributed by atoms with Crippen molar-refractivity contribution >= 4 is 51.6 Å². The van der Waals surface area contributed by atoms with Gasteiger partial charge < -0.3 is 25.0 Å². The van der Waals surface area contributed by atoms with Crippen LogP contribution in [0.2, 0.25) is 10.0 Å². The number of anilines is 2. The van der Waals surface area contributed by atoms with Crippen LogP contribution in [0.25, 0.3) is 22.3 Å². The van der Waals surface area contributed by atoms with Gasteiger partial charge in [0.15, 0.2) is 5.82 Å². The zero-order valence-corrected chi connectivity index (χ0v) is 32.1. The van der Waals surface area contributed by atoms with E-state index in [4.69, 9.17) is 38.4 Å². The average molecular weight is 797 g/mol. The molecule has 1 fully saturated rings. The first-order chi connectivity index (χ1) is 25.1. The molecule has 1 amide bonds. The van der Waals surface area contributed by atoms with E-state index < -0.39 is 73.5 Å². The number of nitrogens with two attached hydrogens (primary N) is 1. The van der Waals surface area contributed by atoms with Gasteiger partial charge in [0.2, 0.25) is 5.75 Å². The molecule has 0 unspecified atom stereocenters. The zero-order chi connectivity index (χ0) is 39.8. The Balaban J connectivity index is 1.80. The summed E-state index contributed by atoms with van der Waals surface area (Å²) in [6.07, 6.45) is -4.32. The van der Waals surface area contributed by atoms with Crippen LogP contribution >= 0.6 is 23.2 Å². The van der Waals surface area contributed by atoms with Crippen LogP contribution in [0.15, 0.2) is 28.0 Å². The smallest absolute Gasteiger partial charge is 0.431 e. The maximum absolute atomic E-state index is 15.9. The summed E-state index contributed by atoms with van der Waals surface area (Å²) in [5.41, 5.74) is -0.324. The summed E-state index contributed by atoms with van der Waals surface area (Å²) in [4.78, 5) is 55.2. The Kier molecular flexibility index (Phi) is 10.1. The lowest BCUT2D eigenvalue weighted by Gasteiger charge is -2.42. The number of carbonyl (C=O) groups is 1. The molecule has 0 saturated carbocycles. The van der Waals surface area contributed by atoms with Crippen molar-refractivity contribution in [3.8, 4) is 17.1 Å². The first-order valence-electron chi connectivity index (χ1n) is 17.3. The number of fused-ring (bicyclic) bond motifs is 5. The Morgan fingerprint density at radius 2 is 1.57 bits per heavy atom. The van der Waals surface area contributed by atoms with Crippen LogP contribution in [-0.4, -0.2) is 68.0 Å². The summed E-state index contributed by atoms with van der Waals surface area (Å²) in [6.45, 7) is 12.5. The van der Waals surface area contributed by atoms with Gasteiger partial charge >= 0.3 is 12.3 Å². The van der Waals surface area contributed by atoms with E-state index in [9.17, 15) is 4.79 Å². The highest BCUT2D eigenvalue weighted by atomic mass is 35.5. The molecule has 4 aromatic rings. The molecule has 12 nitrogen and oxygen atoms in total. The number of alkyl halides is 3. The number of halogens is 6. The molecule has 18 heteroatoms. The first-order valence-corrected chi connectivity index (χ1v) is 18.0. The maximum atomic E-state index is 15.9. The normalized spacial score (nSPS) is 16.4. The van der Waals surface area contributed by atoms with Gasteiger partial charge in [0.05, 0.1) is 51.1 Å². The molecule has 0 radical (unpaired) electrons. The fraction of sp³-hybridized carbons (Fsp3) is 0.472. The summed E-state index contributed by atoms with van der Waals surface area (Å²) in [7, 11) is 0. The summed E-state index contributed by atoms with van der Waals surface area (Å²) in [5, 5.41) is -1.42. The Morgan fingerprint density at radius 1 is 0.944 bits per heavy atom. The van der Waals surface area contributed by atoms with Crippen molar-refractivity contribution in [3.05, 3.63) is 72.1 Å². The summed E-state index contributed by atoms with van der Waals surface area (Å²) >= 11 is 12.3. The van der Waals surface area contributed by atoms with Crippen molar-refractivity contribution in [2.24, 2.45) is 0 Å². The van der Waals surface area contributed by atoms with E-state index in [1.807, 2.05) is 0 Å². The van der Waals surface area contributed by atoms with Crippen LogP contribution in [-0.2, 0) is 10.9 Å². The van der Waals surface area contributed by atoms with Gasteiger partial charge in [-0.15, -0.1) is 0 Å². The summed E-state index contributed by atoms with van der Waals surface area (Å²) in [6, 6.07) is 1.01. The van der Waals surface area contributed by atoms with E-state index in [-0.39, 0.29) is 71.6 Å². The molecule has 5 heterocycles. The molecule has 54 heavy (non-hydrogen) atoms. The van der Waals surface area contributed by atoms with Crippen LogP contribution in [0.5, 0.6) is 5.75 Å². The number of piperazine rings is 1. The molecule has 3 aromatic heterocycles. The minimum atomic E-state index is -5.29. The Hall–Kier alpha value is -4.57. The Morgan fingerprint density at radius 3 is 2.15 bits per heavy atom. The SMILES string of the molecule is CC(C)c1ncnc(C(C)C)c1-n1c(=O)c2c(c3cc(C(F)(F)F)n(-c4c(N)c(Cl)cc(Cl)c4F)c(=O)c31)N1CCN(C(=O)OC(C)(C)C)C[C@@H]1CCO2. The van der Waals surface area contributed by atoms with Gasteiger partial charge in [0.1, 0.15) is 28.8 Å². The van der Waals surface area contributed by atoms with Crippen molar-refractivity contribution in [1.29, 1.82) is 0 Å². The molecular weight excluding hydrogens is 757 g/mol. The van der Waals surface area contributed by atoms with Crippen molar-refractivity contribution in [3.63, 3.8) is 0 Å². The number of pyridine rings is 2. The molecule has 1 atom stereocenters. The van der Waals surface area contributed by atoms with E-state index >= 15 is 27.2 Å².